The number of carbonyl (C=O) groups excluding carboxylic acids is 5. The molecule has 3 aromatic rings. The van der Waals surface area contributed by atoms with E-state index in [1.54, 1.807) is 24.3 Å². The van der Waals surface area contributed by atoms with Gasteiger partial charge in [-0.05, 0) is 61.4 Å². The number of halogens is 1. The molecule has 4 rings (SSSR count). The number of Topliss-reactive ketones (excluding diaryl/α,β-unsaturated/α-hetero) is 1. The second-order valence-corrected chi connectivity index (χ2v) is 8.62. The molecule has 0 radical (unpaired) electrons. The number of imide groups is 1. The number of amides is 3. The van der Waals surface area contributed by atoms with Crippen molar-refractivity contribution in [1.29, 1.82) is 0 Å². The van der Waals surface area contributed by atoms with Crippen molar-refractivity contribution in [3.63, 3.8) is 0 Å². The van der Waals surface area contributed by atoms with Gasteiger partial charge in [-0.1, -0.05) is 41.9 Å². The zero-order valence-corrected chi connectivity index (χ0v) is 20.0. The smallest absolute Gasteiger partial charge is 0.338 e. The number of hydrogen-bond acceptors (Lipinski definition) is 6. The van der Waals surface area contributed by atoms with E-state index < -0.39 is 36.3 Å². The highest BCUT2D eigenvalue weighted by molar-refractivity contribution is 6.35. The van der Waals surface area contributed by atoms with E-state index in [4.69, 9.17) is 16.3 Å². The van der Waals surface area contributed by atoms with Crippen LogP contribution in [0.1, 0.15) is 43.6 Å². The summed E-state index contributed by atoms with van der Waals surface area (Å²) in [6.45, 7) is 0.758. The maximum Gasteiger partial charge on any atom is 0.338 e. The molecule has 0 bridgehead atoms. The van der Waals surface area contributed by atoms with Gasteiger partial charge in [-0.15, -0.1) is 0 Å². The molecule has 1 N–H and O–H groups in total. The fraction of sp³-hybridized carbons (Fsp3) is 0.148. The molecule has 1 aliphatic rings. The van der Waals surface area contributed by atoms with Crippen LogP contribution in [0.3, 0.4) is 0 Å². The number of ketones is 1. The van der Waals surface area contributed by atoms with Crippen LogP contribution in [0.5, 0.6) is 0 Å². The van der Waals surface area contributed by atoms with Crippen molar-refractivity contribution >= 4 is 46.8 Å². The highest BCUT2D eigenvalue weighted by atomic mass is 35.5. The zero-order valence-electron chi connectivity index (χ0n) is 19.2. The maximum atomic E-state index is 12.9. The van der Waals surface area contributed by atoms with Gasteiger partial charge in [0.2, 0.25) is 0 Å². The first-order chi connectivity index (χ1) is 17.2. The summed E-state index contributed by atoms with van der Waals surface area (Å²) in [4.78, 5) is 63.5. The Morgan fingerprint density at radius 2 is 1.58 bits per heavy atom. The van der Waals surface area contributed by atoms with Crippen molar-refractivity contribution in [1.82, 2.24) is 5.32 Å². The van der Waals surface area contributed by atoms with E-state index in [1.807, 2.05) is 30.3 Å². The van der Waals surface area contributed by atoms with Crippen molar-refractivity contribution in [2.75, 3.05) is 11.5 Å². The van der Waals surface area contributed by atoms with Crippen LogP contribution in [0.2, 0.25) is 5.02 Å². The number of anilines is 1. The Hall–Kier alpha value is -4.30. The third kappa shape index (κ3) is 5.34. The van der Waals surface area contributed by atoms with Crippen LogP contribution in [0, 0.1) is 0 Å². The Balaban J connectivity index is 1.40. The average Bonchev–Trinajstić information content (AvgIpc) is 3.12. The summed E-state index contributed by atoms with van der Waals surface area (Å²) in [7, 11) is 0. The highest BCUT2D eigenvalue weighted by Crippen LogP contribution is 2.30. The minimum atomic E-state index is -0.847. The normalized spacial score (nSPS) is 13.2. The van der Waals surface area contributed by atoms with E-state index >= 15 is 0 Å². The Labute approximate surface area is 211 Å². The van der Waals surface area contributed by atoms with Gasteiger partial charge in [0.15, 0.2) is 12.4 Å². The summed E-state index contributed by atoms with van der Waals surface area (Å²) in [5, 5.41) is 3.03. The monoisotopic (exact) mass is 504 g/mol. The molecule has 0 unspecified atom stereocenters. The number of nitrogens with one attached hydrogen (secondary N) is 1. The molecule has 182 valence electrons. The number of rotatable bonds is 8. The van der Waals surface area contributed by atoms with Crippen molar-refractivity contribution in [3.8, 4) is 0 Å². The van der Waals surface area contributed by atoms with Gasteiger partial charge >= 0.3 is 5.97 Å². The second kappa shape index (κ2) is 10.5. The van der Waals surface area contributed by atoms with Gasteiger partial charge < -0.3 is 10.1 Å². The number of ether oxygens (including phenoxy) is 1. The Morgan fingerprint density at radius 3 is 2.25 bits per heavy atom. The van der Waals surface area contributed by atoms with Crippen LogP contribution in [0.4, 0.5) is 5.69 Å². The van der Waals surface area contributed by atoms with Gasteiger partial charge in [0.05, 0.1) is 28.4 Å². The minimum absolute atomic E-state index is 0.00746. The lowest BCUT2D eigenvalue weighted by Gasteiger charge is -2.16. The van der Waals surface area contributed by atoms with E-state index in [-0.39, 0.29) is 22.5 Å². The van der Waals surface area contributed by atoms with Gasteiger partial charge in [0.25, 0.3) is 17.7 Å². The summed E-state index contributed by atoms with van der Waals surface area (Å²) in [6.07, 6.45) is 0.306. The van der Waals surface area contributed by atoms with Crippen molar-refractivity contribution < 1.29 is 28.7 Å². The number of benzene rings is 3. The molecule has 8 nitrogen and oxygen atoms in total. The molecule has 0 spiro atoms. The van der Waals surface area contributed by atoms with E-state index in [9.17, 15) is 24.0 Å². The molecule has 9 heteroatoms. The first-order valence-corrected chi connectivity index (χ1v) is 11.4. The summed E-state index contributed by atoms with van der Waals surface area (Å²) >= 11 is 5.88. The zero-order chi connectivity index (χ0) is 25.8. The van der Waals surface area contributed by atoms with Crippen LogP contribution in [0.15, 0.2) is 72.8 Å². The molecular weight excluding hydrogens is 484 g/mol. The van der Waals surface area contributed by atoms with Crippen molar-refractivity contribution in [2.24, 2.45) is 0 Å². The van der Waals surface area contributed by atoms with Gasteiger partial charge in [-0.25, -0.2) is 9.69 Å². The third-order valence-electron chi connectivity index (χ3n) is 5.65. The van der Waals surface area contributed by atoms with Crippen molar-refractivity contribution in [2.45, 2.75) is 19.4 Å². The standard InChI is InChI=1S/C27H21ClN2O6/c1-16(31)23(13-17-5-3-2-4-6-17)29-24(32)15-36-27(35)18-7-12-21-22(14-18)26(34)30(25(21)33)20-10-8-19(28)9-11-20/h2-12,14,23H,13,15H2,1H3,(H,29,32)/t23-/m0/s1. The largest absolute Gasteiger partial charge is 0.452 e. The quantitative estimate of drug-likeness (QED) is 0.370. The second-order valence-electron chi connectivity index (χ2n) is 8.18. The van der Waals surface area contributed by atoms with Crippen molar-refractivity contribution in [3.05, 3.63) is 100 Å². The first kappa shape index (κ1) is 24.8. The van der Waals surface area contributed by atoms with E-state index in [0.29, 0.717) is 17.1 Å². The summed E-state index contributed by atoms with van der Waals surface area (Å²) in [5.74, 6) is -2.83. The highest BCUT2D eigenvalue weighted by Gasteiger charge is 2.37. The number of hydrogen-bond donors (Lipinski definition) is 1. The lowest BCUT2D eigenvalue weighted by molar-refractivity contribution is -0.128. The molecule has 0 fully saturated rings. The fourth-order valence-corrected chi connectivity index (χ4v) is 3.92. The lowest BCUT2D eigenvalue weighted by atomic mass is 10.0. The maximum absolute atomic E-state index is 12.9. The van der Waals surface area contributed by atoms with Gasteiger partial charge in [-0.3, -0.25) is 19.2 Å². The minimum Gasteiger partial charge on any atom is -0.452 e. The topological polar surface area (TPSA) is 110 Å². The van der Waals surface area contributed by atoms with Gasteiger partial charge in [-0.2, -0.15) is 0 Å². The molecule has 0 aliphatic carbocycles. The third-order valence-corrected chi connectivity index (χ3v) is 5.90. The Kier molecular flexibility index (Phi) is 7.26. The number of esters is 1. The molecule has 1 atom stereocenters. The number of nitrogens with zero attached hydrogens (tertiary/aromatic N) is 1. The average molecular weight is 505 g/mol. The SMILES string of the molecule is CC(=O)[C@H](Cc1ccccc1)NC(=O)COC(=O)c1ccc2c(c1)C(=O)N(c1ccc(Cl)cc1)C2=O. The van der Waals surface area contributed by atoms with Crippen LogP contribution in [0.25, 0.3) is 0 Å². The molecule has 1 aliphatic heterocycles. The summed E-state index contributed by atoms with van der Waals surface area (Å²) in [5.41, 5.74) is 1.43. The summed E-state index contributed by atoms with van der Waals surface area (Å²) in [6, 6.07) is 18.6. The lowest BCUT2D eigenvalue weighted by Crippen LogP contribution is -2.43. The van der Waals surface area contributed by atoms with Gasteiger partial charge in [0.1, 0.15) is 0 Å². The Morgan fingerprint density at radius 1 is 0.917 bits per heavy atom. The molecule has 3 aromatic carbocycles. The van der Waals surface area contributed by atoms with Crippen LogP contribution in [-0.4, -0.2) is 42.1 Å². The number of fused-ring (bicyclic) bond motifs is 1. The van der Waals surface area contributed by atoms with Crippen LogP contribution >= 0.6 is 11.6 Å². The molecule has 36 heavy (non-hydrogen) atoms. The van der Waals surface area contributed by atoms with Gasteiger partial charge in [0, 0.05) is 5.02 Å². The molecule has 0 saturated heterocycles. The van der Waals surface area contributed by atoms with E-state index in [2.05, 4.69) is 5.32 Å². The van der Waals surface area contributed by atoms with Crippen LogP contribution < -0.4 is 10.2 Å². The predicted molar refractivity (Wildman–Crippen MR) is 132 cm³/mol. The molecular formula is C27H21ClN2O6. The molecule has 1 heterocycles. The van der Waals surface area contributed by atoms with E-state index in [1.165, 1.54) is 25.1 Å². The predicted octanol–water partition coefficient (Wildman–Crippen LogP) is 3.61. The Bertz CT molecular complexity index is 1350. The fourth-order valence-electron chi connectivity index (χ4n) is 3.79. The molecule has 0 saturated carbocycles. The first-order valence-electron chi connectivity index (χ1n) is 11.0. The summed E-state index contributed by atoms with van der Waals surface area (Å²) < 4.78 is 5.08. The molecule has 0 aromatic heterocycles. The van der Waals surface area contributed by atoms with E-state index in [0.717, 1.165) is 10.5 Å². The number of carbonyl (C=O) groups is 5. The van der Waals surface area contributed by atoms with Crippen LogP contribution in [-0.2, 0) is 20.7 Å². The molecule has 3 amide bonds.